The molecule has 0 aliphatic carbocycles. The monoisotopic (exact) mass is 267 g/mol. The van der Waals surface area contributed by atoms with Crippen LogP contribution in [0.15, 0.2) is 12.3 Å². The second-order valence-corrected chi connectivity index (χ2v) is 5.19. The summed E-state index contributed by atoms with van der Waals surface area (Å²) < 4.78 is 13.2. The summed E-state index contributed by atoms with van der Waals surface area (Å²) in [7, 11) is 1.97. The highest BCUT2D eigenvalue weighted by Crippen LogP contribution is 2.33. The number of rotatable bonds is 7. The maximum absolute atomic E-state index is 5.87. The molecule has 0 amide bonds. The van der Waals surface area contributed by atoms with Crippen LogP contribution in [0, 0.1) is 5.92 Å². The van der Waals surface area contributed by atoms with Gasteiger partial charge in [0.15, 0.2) is 0 Å². The van der Waals surface area contributed by atoms with E-state index in [0.29, 0.717) is 12.0 Å². The zero-order chi connectivity index (χ0) is 13.7. The first kappa shape index (κ1) is 14.5. The molecule has 0 saturated carbocycles. The fourth-order valence-electron chi connectivity index (χ4n) is 2.54. The third kappa shape index (κ3) is 3.78. The molecule has 1 aromatic heterocycles. The van der Waals surface area contributed by atoms with Gasteiger partial charge in [-0.15, -0.1) is 0 Å². The molecule has 108 valence electrons. The van der Waals surface area contributed by atoms with Gasteiger partial charge in [0, 0.05) is 45.0 Å². The van der Waals surface area contributed by atoms with Gasteiger partial charge in [0.1, 0.15) is 6.10 Å². The van der Waals surface area contributed by atoms with E-state index in [1.54, 1.807) is 0 Å². The molecule has 1 aliphatic heterocycles. The summed E-state index contributed by atoms with van der Waals surface area (Å²) in [4.78, 5) is 0. The molecule has 0 unspecified atom stereocenters. The molecule has 19 heavy (non-hydrogen) atoms. The predicted octanol–water partition coefficient (Wildman–Crippen LogP) is 1.51. The summed E-state index contributed by atoms with van der Waals surface area (Å²) in [6.45, 7) is 7.52. The van der Waals surface area contributed by atoms with Crippen LogP contribution in [0.25, 0.3) is 0 Å². The van der Waals surface area contributed by atoms with Crippen LogP contribution in [0.2, 0.25) is 0 Å². The number of hydrogen-bond donors (Lipinski definition) is 1. The Morgan fingerprint density at radius 1 is 1.63 bits per heavy atom. The lowest BCUT2D eigenvalue weighted by atomic mass is 9.98. The number of nitrogens with zero attached hydrogens (tertiary/aromatic N) is 2. The smallest absolute Gasteiger partial charge is 0.103 e. The molecular formula is C14H25N3O2. The number of nitrogens with one attached hydrogen (secondary N) is 1. The van der Waals surface area contributed by atoms with E-state index < -0.39 is 0 Å². The maximum atomic E-state index is 5.87. The van der Waals surface area contributed by atoms with Crippen LogP contribution in [0.4, 0.5) is 0 Å². The summed E-state index contributed by atoms with van der Waals surface area (Å²) in [5.41, 5.74) is 1.17. The molecule has 5 nitrogen and oxygen atoms in total. The molecule has 3 atom stereocenters. The van der Waals surface area contributed by atoms with Crippen LogP contribution in [0.5, 0.6) is 0 Å². The van der Waals surface area contributed by atoms with E-state index in [4.69, 9.17) is 9.47 Å². The van der Waals surface area contributed by atoms with Crippen molar-refractivity contribution in [3.05, 3.63) is 18.0 Å². The van der Waals surface area contributed by atoms with E-state index in [1.807, 2.05) is 30.9 Å². The summed E-state index contributed by atoms with van der Waals surface area (Å²) in [6, 6.07) is 2.43. The van der Waals surface area contributed by atoms with E-state index in [0.717, 1.165) is 32.8 Å². The van der Waals surface area contributed by atoms with Gasteiger partial charge < -0.3 is 14.8 Å². The molecule has 1 fully saturated rings. The molecule has 0 aromatic carbocycles. The lowest BCUT2D eigenvalue weighted by molar-refractivity contribution is 0.0804. The molecule has 0 bridgehead atoms. The molecule has 1 aliphatic rings. The Morgan fingerprint density at radius 3 is 3.16 bits per heavy atom. The van der Waals surface area contributed by atoms with E-state index in [-0.39, 0.29) is 6.10 Å². The van der Waals surface area contributed by atoms with Crippen LogP contribution in [0.3, 0.4) is 0 Å². The van der Waals surface area contributed by atoms with Crippen molar-refractivity contribution >= 4 is 0 Å². The Bertz CT molecular complexity index is 381. The molecule has 2 heterocycles. The van der Waals surface area contributed by atoms with E-state index in [9.17, 15) is 0 Å². The van der Waals surface area contributed by atoms with Crippen molar-refractivity contribution in [2.24, 2.45) is 13.0 Å². The van der Waals surface area contributed by atoms with Gasteiger partial charge in [-0.2, -0.15) is 5.10 Å². The first-order valence-corrected chi connectivity index (χ1v) is 7.13. The Kier molecular flexibility index (Phi) is 5.36. The average Bonchev–Trinajstić information content (AvgIpc) is 3.01. The van der Waals surface area contributed by atoms with Gasteiger partial charge >= 0.3 is 0 Å². The number of aromatic nitrogens is 2. The molecule has 2 rings (SSSR count). The lowest BCUT2D eigenvalue weighted by Crippen LogP contribution is -2.35. The summed E-state index contributed by atoms with van der Waals surface area (Å²) in [5.74, 6) is 0.513. The third-order valence-corrected chi connectivity index (χ3v) is 3.67. The fraction of sp³-hybridized carbons (Fsp3) is 0.786. The summed E-state index contributed by atoms with van der Waals surface area (Å²) in [6.07, 6.45) is 3.10. The molecule has 0 radical (unpaired) electrons. The van der Waals surface area contributed by atoms with Gasteiger partial charge in [0.25, 0.3) is 0 Å². The minimum absolute atomic E-state index is 0.166. The SMILES string of the molecule is CCOC[C@H](C)NC[C@@H]1CCO[C@H]1c1ccnn1C. The third-order valence-electron chi connectivity index (χ3n) is 3.67. The van der Waals surface area contributed by atoms with E-state index >= 15 is 0 Å². The van der Waals surface area contributed by atoms with E-state index in [2.05, 4.69) is 17.3 Å². The van der Waals surface area contributed by atoms with Crippen molar-refractivity contribution in [3.8, 4) is 0 Å². The Morgan fingerprint density at radius 2 is 2.47 bits per heavy atom. The minimum Gasteiger partial charge on any atom is -0.380 e. The fourth-order valence-corrected chi connectivity index (χ4v) is 2.54. The highest BCUT2D eigenvalue weighted by molar-refractivity contribution is 5.07. The van der Waals surface area contributed by atoms with Crippen molar-refractivity contribution in [1.82, 2.24) is 15.1 Å². The number of aryl methyl sites for hydroxylation is 1. The predicted molar refractivity (Wildman–Crippen MR) is 74.0 cm³/mol. The average molecular weight is 267 g/mol. The van der Waals surface area contributed by atoms with Gasteiger partial charge in [0.2, 0.25) is 0 Å². The van der Waals surface area contributed by atoms with Gasteiger partial charge in [-0.25, -0.2) is 0 Å². The Balaban J connectivity index is 1.84. The molecule has 1 aromatic rings. The molecule has 1 saturated heterocycles. The normalized spacial score (nSPS) is 24.8. The Hall–Kier alpha value is -0.910. The molecular weight excluding hydrogens is 242 g/mol. The van der Waals surface area contributed by atoms with Crippen molar-refractivity contribution in [2.75, 3.05) is 26.4 Å². The van der Waals surface area contributed by atoms with Gasteiger partial charge in [-0.3, -0.25) is 4.68 Å². The quantitative estimate of drug-likeness (QED) is 0.813. The van der Waals surface area contributed by atoms with Crippen LogP contribution >= 0.6 is 0 Å². The summed E-state index contributed by atoms with van der Waals surface area (Å²) >= 11 is 0. The molecule has 1 N–H and O–H groups in total. The van der Waals surface area contributed by atoms with Gasteiger partial charge in [-0.1, -0.05) is 0 Å². The van der Waals surface area contributed by atoms with Crippen LogP contribution < -0.4 is 5.32 Å². The molecule has 5 heteroatoms. The first-order chi connectivity index (χ1) is 9.22. The zero-order valence-electron chi connectivity index (χ0n) is 12.1. The van der Waals surface area contributed by atoms with Crippen LogP contribution in [-0.2, 0) is 16.5 Å². The van der Waals surface area contributed by atoms with Crippen molar-refractivity contribution in [2.45, 2.75) is 32.4 Å². The highest BCUT2D eigenvalue weighted by Gasteiger charge is 2.31. The first-order valence-electron chi connectivity index (χ1n) is 7.13. The number of hydrogen-bond acceptors (Lipinski definition) is 4. The minimum atomic E-state index is 0.166. The van der Waals surface area contributed by atoms with Crippen LogP contribution in [-0.4, -0.2) is 42.2 Å². The topological polar surface area (TPSA) is 48.3 Å². The summed E-state index contributed by atoms with van der Waals surface area (Å²) in [5, 5.41) is 7.76. The zero-order valence-corrected chi connectivity index (χ0v) is 12.1. The maximum Gasteiger partial charge on any atom is 0.103 e. The van der Waals surface area contributed by atoms with Crippen LogP contribution in [0.1, 0.15) is 32.1 Å². The van der Waals surface area contributed by atoms with E-state index in [1.165, 1.54) is 5.69 Å². The molecule has 0 spiro atoms. The van der Waals surface area contributed by atoms with Crippen molar-refractivity contribution < 1.29 is 9.47 Å². The lowest BCUT2D eigenvalue weighted by Gasteiger charge is -2.21. The standard InChI is InChI=1S/C14H25N3O2/c1-4-18-10-11(2)15-9-12-6-8-19-14(12)13-5-7-16-17(13)3/h5,7,11-12,14-15H,4,6,8-10H2,1-3H3/t11-,12-,14+/m0/s1. The van der Waals surface area contributed by atoms with Gasteiger partial charge in [-0.05, 0) is 26.3 Å². The highest BCUT2D eigenvalue weighted by atomic mass is 16.5. The Labute approximate surface area is 115 Å². The second-order valence-electron chi connectivity index (χ2n) is 5.19. The van der Waals surface area contributed by atoms with Crippen molar-refractivity contribution in [3.63, 3.8) is 0 Å². The number of ether oxygens (including phenoxy) is 2. The van der Waals surface area contributed by atoms with Crippen molar-refractivity contribution in [1.29, 1.82) is 0 Å². The van der Waals surface area contributed by atoms with Gasteiger partial charge in [0.05, 0.1) is 12.3 Å². The second kappa shape index (κ2) is 7.03. The largest absolute Gasteiger partial charge is 0.380 e.